The third-order valence-electron chi connectivity index (χ3n) is 5.37. The number of fused-ring (bicyclic) bond motifs is 1. The lowest BCUT2D eigenvalue weighted by Crippen LogP contribution is -2.26. The lowest BCUT2D eigenvalue weighted by molar-refractivity contribution is -0.121. The SMILES string of the molecule is CC(NC(=O)CCc1cn(Cc2ccccc2)c2ccccc12)c1ccccc1. The summed E-state index contributed by atoms with van der Waals surface area (Å²) in [6.07, 6.45) is 3.41. The van der Waals surface area contributed by atoms with Gasteiger partial charge in [-0.3, -0.25) is 4.79 Å². The average molecular weight is 383 g/mol. The Balaban J connectivity index is 1.46. The molecule has 4 rings (SSSR count). The molecule has 1 unspecified atom stereocenters. The van der Waals surface area contributed by atoms with Gasteiger partial charge in [-0.15, -0.1) is 0 Å². The third-order valence-corrected chi connectivity index (χ3v) is 5.37. The van der Waals surface area contributed by atoms with Crippen LogP contribution in [0.3, 0.4) is 0 Å². The van der Waals surface area contributed by atoms with Crippen molar-refractivity contribution in [3.05, 3.63) is 108 Å². The van der Waals surface area contributed by atoms with Crippen LogP contribution in [0.4, 0.5) is 0 Å². The van der Waals surface area contributed by atoms with E-state index in [2.05, 4.69) is 64.6 Å². The second kappa shape index (κ2) is 8.78. The zero-order valence-electron chi connectivity index (χ0n) is 16.7. The molecule has 1 amide bonds. The molecule has 0 aliphatic carbocycles. The number of rotatable bonds is 7. The highest BCUT2D eigenvalue weighted by atomic mass is 16.1. The molecule has 0 bridgehead atoms. The van der Waals surface area contributed by atoms with Crippen molar-refractivity contribution in [3.63, 3.8) is 0 Å². The van der Waals surface area contributed by atoms with Crippen molar-refractivity contribution in [1.82, 2.24) is 9.88 Å². The molecule has 0 radical (unpaired) electrons. The number of hydrogen-bond acceptors (Lipinski definition) is 1. The minimum Gasteiger partial charge on any atom is -0.350 e. The van der Waals surface area contributed by atoms with Gasteiger partial charge in [0, 0.05) is 30.1 Å². The van der Waals surface area contributed by atoms with E-state index in [9.17, 15) is 4.79 Å². The summed E-state index contributed by atoms with van der Waals surface area (Å²) in [5.74, 6) is 0.0845. The number of carbonyl (C=O) groups is 1. The van der Waals surface area contributed by atoms with Crippen LogP contribution in [0.2, 0.25) is 0 Å². The molecule has 1 heterocycles. The summed E-state index contributed by atoms with van der Waals surface area (Å²) in [6.45, 7) is 2.86. The van der Waals surface area contributed by atoms with Gasteiger partial charge in [0.25, 0.3) is 0 Å². The lowest BCUT2D eigenvalue weighted by atomic mass is 10.1. The molecule has 0 fully saturated rings. The van der Waals surface area contributed by atoms with E-state index < -0.39 is 0 Å². The standard InChI is InChI=1S/C26H26N2O/c1-20(22-12-6-3-7-13-22)27-26(29)17-16-23-19-28(18-21-10-4-2-5-11-21)25-15-9-8-14-24(23)25/h2-15,19-20H,16-18H2,1H3,(H,27,29). The Morgan fingerprint density at radius 2 is 1.55 bits per heavy atom. The van der Waals surface area contributed by atoms with Crippen LogP contribution >= 0.6 is 0 Å². The molecule has 3 aromatic carbocycles. The number of hydrogen-bond donors (Lipinski definition) is 1. The Bertz CT molecular complexity index is 1080. The fourth-order valence-electron chi connectivity index (χ4n) is 3.82. The molecule has 3 heteroatoms. The summed E-state index contributed by atoms with van der Waals surface area (Å²) in [5, 5.41) is 4.34. The maximum Gasteiger partial charge on any atom is 0.220 e. The molecule has 0 aliphatic rings. The number of amides is 1. The van der Waals surface area contributed by atoms with E-state index in [0.29, 0.717) is 6.42 Å². The van der Waals surface area contributed by atoms with Crippen molar-refractivity contribution in [3.8, 4) is 0 Å². The molecular formula is C26H26N2O. The molecule has 29 heavy (non-hydrogen) atoms. The Labute approximate surface area is 172 Å². The second-order valence-electron chi connectivity index (χ2n) is 7.48. The molecule has 4 aromatic rings. The first-order chi connectivity index (χ1) is 14.2. The van der Waals surface area contributed by atoms with Gasteiger partial charge in [-0.2, -0.15) is 0 Å². The largest absolute Gasteiger partial charge is 0.350 e. The maximum atomic E-state index is 12.5. The van der Waals surface area contributed by atoms with Gasteiger partial charge in [-0.1, -0.05) is 78.9 Å². The lowest BCUT2D eigenvalue weighted by Gasteiger charge is -2.14. The molecule has 1 N–H and O–H groups in total. The van der Waals surface area contributed by atoms with Crippen molar-refractivity contribution < 1.29 is 4.79 Å². The Morgan fingerprint density at radius 1 is 0.897 bits per heavy atom. The van der Waals surface area contributed by atoms with Crippen LogP contribution in [0.1, 0.15) is 36.1 Å². The van der Waals surface area contributed by atoms with Gasteiger partial charge in [0.15, 0.2) is 0 Å². The van der Waals surface area contributed by atoms with Crippen molar-refractivity contribution in [2.75, 3.05) is 0 Å². The van der Waals surface area contributed by atoms with Crippen molar-refractivity contribution in [2.24, 2.45) is 0 Å². The number of nitrogens with zero attached hydrogens (tertiary/aromatic N) is 1. The molecular weight excluding hydrogens is 356 g/mol. The zero-order chi connectivity index (χ0) is 20.1. The summed E-state index contributed by atoms with van der Waals surface area (Å²) in [7, 11) is 0. The smallest absolute Gasteiger partial charge is 0.220 e. The molecule has 0 saturated heterocycles. The topological polar surface area (TPSA) is 34.0 Å². The van der Waals surface area contributed by atoms with Crippen molar-refractivity contribution in [2.45, 2.75) is 32.4 Å². The van der Waals surface area contributed by atoms with Crippen LogP contribution in [-0.4, -0.2) is 10.5 Å². The van der Waals surface area contributed by atoms with Crippen LogP contribution in [0.15, 0.2) is 91.1 Å². The Hall–Kier alpha value is -3.33. The van der Waals surface area contributed by atoms with Crippen LogP contribution in [0, 0.1) is 0 Å². The first kappa shape index (κ1) is 19.0. The van der Waals surface area contributed by atoms with Crippen LogP contribution in [0.5, 0.6) is 0 Å². The van der Waals surface area contributed by atoms with E-state index in [-0.39, 0.29) is 11.9 Å². The predicted molar refractivity (Wildman–Crippen MR) is 119 cm³/mol. The number of para-hydroxylation sites is 1. The van der Waals surface area contributed by atoms with Gasteiger partial charge in [-0.25, -0.2) is 0 Å². The van der Waals surface area contributed by atoms with Gasteiger partial charge in [-0.05, 0) is 36.1 Å². The van der Waals surface area contributed by atoms with E-state index in [1.54, 1.807) is 0 Å². The zero-order valence-corrected chi connectivity index (χ0v) is 16.7. The maximum absolute atomic E-state index is 12.5. The fraction of sp³-hybridized carbons (Fsp3) is 0.192. The fourth-order valence-corrected chi connectivity index (χ4v) is 3.82. The predicted octanol–water partition coefficient (Wildman–Crippen LogP) is 5.50. The van der Waals surface area contributed by atoms with Crippen LogP contribution in [-0.2, 0) is 17.8 Å². The molecule has 1 atom stereocenters. The first-order valence-electron chi connectivity index (χ1n) is 10.2. The van der Waals surface area contributed by atoms with Crippen molar-refractivity contribution in [1.29, 1.82) is 0 Å². The summed E-state index contributed by atoms with van der Waals surface area (Å²) in [4.78, 5) is 12.5. The number of nitrogens with one attached hydrogen (secondary N) is 1. The number of benzene rings is 3. The highest BCUT2D eigenvalue weighted by Crippen LogP contribution is 2.24. The minimum absolute atomic E-state index is 0.0168. The minimum atomic E-state index is 0.0168. The molecule has 0 saturated carbocycles. The number of carbonyl (C=O) groups excluding carboxylic acids is 1. The van der Waals surface area contributed by atoms with Gasteiger partial charge >= 0.3 is 0 Å². The van der Waals surface area contributed by atoms with Gasteiger partial charge in [0.1, 0.15) is 0 Å². The summed E-state index contributed by atoms with van der Waals surface area (Å²) in [5.41, 5.74) is 4.83. The molecule has 146 valence electrons. The van der Waals surface area contributed by atoms with Crippen LogP contribution in [0.25, 0.3) is 10.9 Å². The summed E-state index contributed by atoms with van der Waals surface area (Å²) >= 11 is 0. The second-order valence-corrected chi connectivity index (χ2v) is 7.48. The molecule has 3 nitrogen and oxygen atoms in total. The van der Waals surface area contributed by atoms with E-state index in [1.165, 1.54) is 22.0 Å². The van der Waals surface area contributed by atoms with Gasteiger partial charge in [0.2, 0.25) is 5.91 Å². The van der Waals surface area contributed by atoms with Crippen LogP contribution < -0.4 is 5.32 Å². The van der Waals surface area contributed by atoms with E-state index in [4.69, 9.17) is 0 Å². The van der Waals surface area contributed by atoms with E-state index in [0.717, 1.165) is 18.5 Å². The molecule has 1 aromatic heterocycles. The van der Waals surface area contributed by atoms with Gasteiger partial charge in [0.05, 0.1) is 6.04 Å². The normalized spacial score (nSPS) is 12.0. The van der Waals surface area contributed by atoms with E-state index >= 15 is 0 Å². The highest BCUT2D eigenvalue weighted by molar-refractivity contribution is 5.85. The monoisotopic (exact) mass is 382 g/mol. The number of aromatic nitrogens is 1. The van der Waals surface area contributed by atoms with E-state index in [1.807, 2.05) is 43.3 Å². The Kier molecular flexibility index (Phi) is 5.76. The summed E-state index contributed by atoms with van der Waals surface area (Å²) in [6, 6.07) is 29.0. The average Bonchev–Trinajstić information content (AvgIpc) is 3.11. The Morgan fingerprint density at radius 3 is 2.31 bits per heavy atom. The molecule has 0 spiro atoms. The highest BCUT2D eigenvalue weighted by Gasteiger charge is 2.12. The first-order valence-corrected chi connectivity index (χ1v) is 10.2. The quantitative estimate of drug-likeness (QED) is 0.450. The number of aryl methyl sites for hydroxylation is 1. The summed E-state index contributed by atoms with van der Waals surface area (Å²) < 4.78 is 2.28. The van der Waals surface area contributed by atoms with Gasteiger partial charge < -0.3 is 9.88 Å². The van der Waals surface area contributed by atoms with Crippen molar-refractivity contribution >= 4 is 16.8 Å². The molecule has 0 aliphatic heterocycles. The third kappa shape index (κ3) is 4.57.